The summed E-state index contributed by atoms with van der Waals surface area (Å²) in [6.07, 6.45) is 2.30. The number of nitrogens with zero attached hydrogens (tertiary/aromatic N) is 2. The second-order valence-electron chi connectivity index (χ2n) is 6.83. The monoisotopic (exact) mass is 303 g/mol. The first kappa shape index (κ1) is 15.0. The van der Waals surface area contributed by atoms with Crippen LogP contribution in [0.5, 0.6) is 0 Å². The Hall–Kier alpha value is -1.95. The fourth-order valence-electron chi connectivity index (χ4n) is 3.19. The maximum Gasteiger partial charge on any atom is 0.423 e. The zero-order valence-electron chi connectivity index (χ0n) is 13.2. The molecule has 1 saturated heterocycles. The number of pyridine rings is 1. The third-order valence-corrected chi connectivity index (χ3v) is 4.16. The first-order valence-electron chi connectivity index (χ1n) is 7.59. The van der Waals surface area contributed by atoms with E-state index in [1.165, 1.54) is 0 Å². The number of hydrogen-bond acceptors (Lipinski definition) is 5. The van der Waals surface area contributed by atoms with Crippen molar-refractivity contribution in [3.63, 3.8) is 0 Å². The molecule has 0 unspecified atom stereocenters. The molecule has 2 amide bonds. The number of nitrogens with one attached hydrogen (secondary N) is 1. The van der Waals surface area contributed by atoms with Crippen LogP contribution in [0, 0.1) is 0 Å². The van der Waals surface area contributed by atoms with Gasteiger partial charge in [0.1, 0.15) is 11.4 Å². The van der Waals surface area contributed by atoms with Gasteiger partial charge in [0.05, 0.1) is 5.41 Å². The van der Waals surface area contributed by atoms with Crippen molar-refractivity contribution >= 4 is 17.8 Å². The van der Waals surface area contributed by atoms with Gasteiger partial charge in [-0.2, -0.15) is 4.90 Å². The fraction of sp³-hybridized carbons (Fsp3) is 0.562. The number of carbonyl (C=O) groups excluding carboxylic acids is 2. The third-order valence-electron chi connectivity index (χ3n) is 4.16. The number of aromatic nitrogens is 1. The normalized spacial score (nSPS) is 20.1. The van der Waals surface area contributed by atoms with E-state index in [1.54, 1.807) is 27.0 Å². The van der Waals surface area contributed by atoms with E-state index < -0.39 is 17.1 Å². The topological polar surface area (TPSA) is 71.5 Å². The van der Waals surface area contributed by atoms with E-state index in [0.29, 0.717) is 18.7 Å². The molecule has 1 aromatic heterocycles. The van der Waals surface area contributed by atoms with Gasteiger partial charge in [0.25, 0.3) is 0 Å². The average Bonchev–Trinajstić information content (AvgIpc) is 2.68. The standard InChI is InChI=1S/C16H21N3O3/c1-15(2,3)22-14(21)19-12-11(5-4-8-18-12)16(13(19)20)6-9-17-10-7-16/h4-5,8,17H,6-7,9-10H2,1-3H3. The average molecular weight is 303 g/mol. The summed E-state index contributed by atoms with van der Waals surface area (Å²) in [5, 5.41) is 3.26. The Bertz CT molecular complexity index is 615. The maximum absolute atomic E-state index is 13.0. The van der Waals surface area contributed by atoms with Crippen molar-refractivity contribution in [1.29, 1.82) is 0 Å². The molecule has 6 heteroatoms. The van der Waals surface area contributed by atoms with Crippen LogP contribution in [-0.4, -0.2) is 35.7 Å². The maximum atomic E-state index is 13.0. The van der Waals surface area contributed by atoms with Crippen molar-refractivity contribution < 1.29 is 14.3 Å². The number of ether oxygens (including phenoxy) is 1. The molecule has 0 radical (unpaired) electrons. The molecule has 0 aliphatic carbocycles. The minimum atomic E-state index is -0.657. The molecule has 118 valence electrons. The smallest absolute Gasteiger partial charge is 0.423 e. The van der Waals surface area contributed by atoms with E-state index >= 15 is 0 Å². The summed E-state index contributed by atoms with van der Waals surface area (Å²) >= 11 is 0. The van der Waals surface area contributed by atoms with Crippen LogP contribution in [0.15, 0.2) is 18.3 Å². The summed E-state index contributed by atoms with van der Waals surface area (Å²) in [4.78, 5) is 30.9. The molecule has 2 aliphatic rings. The lowest BCUT2D eigenvalue weighted by Gasteiger charge is -2.32. The van der Waals surface area contributed by atoms with Crippen molar-refractivity contribution in [2.75, 3.05) is 18.0 Å². The summed E-state index contributed by atoms with van der Waals surface area (Å²) < 4.78 is 5.39. The predicted octanol–water partition coefficient (Wildman–Crippen LogP) is 1.98. The summed E-state index contributed by atoms with van der Waals surface area (Å²) in [5.74, 6) is 0.209. The minimum Gasteiger partial charge on any atom is -0.443 e. The van der Waals surface area contributed by atoms with Gasteiger partial charge in [-0.25, -0.2) is 9.78 Å². The van der Waals surface area contributed by atoms with Crippen LogP contribution in [0.1, 0.15) is 39.2 Å². The number of rotatable bonds is 0. The molecular formula is C16H21N3O3. The van der Waals surface area contributed by atoms with Crippen molar-refractivity contribution in [2.24, 2.45) is 0 Å². The van der Waals surface area contributed by atoms with Gasteiger partial charge in [-0.15, -0.1) is 0 Å². The summed E-state index contributed by atoms with van der Waals surface area (Å²) in [6, 6.07) is 3.71. The van der Waals surface area contributed by atoms with E-state index in [9.17, 15) is 9.59 Å². The van der Waals surface area contributed by atoms with Gasteiger partial charge in [0.2, 0.25) is 5.91 Å². The Labute approximate surface area is 129 Å². The Balaban J connectivity index is 2.03. The molecule has 1 aromatic rings. The number of fused-ring (bicyclic) bond motifs is 2. The lowest BCUT2D eigenvalue weighted by atomic mass is 9.74. The molecular weight excluding hydrogens is 282 g/mol. The van der Waals surface area contributed by atoms with Crippen molar-refractivity contribution in [3.05, 3.63) is 23.9 Å². The largest absolute Gasteiger partial charge is 0.443 e. The second-order valence-corrected chi connectivity index (χ2v) is 6.83. The van der Waals surface area contributed by atoms with Gasteiger partial charge in [-0.1, -0.05) is 6.07 Å². The molecule has 1 N–H and O–H groups in total. The zero-order chi connectivity index (χ0) is 16.0. The number of amides is 2. The number of piperidine rings is 1. The lowest BCUT2D eigenvalue weighted by Crippen LogP contribution is -2.49. The van der Waals surface area contributed by atoms with E-state index in [1.807, 2.05) is 12.1 Å². The summed E-state index contributed by atoms with van der Waals surface area (Å²) in [5.41, 5.74) is -0.463. The first-order chi connectivity index (χ1) is 10.4. The Morgan fingerprint density at radius 2 is 2.05 bits per heavy atom. The summed E-state index contributed by atoms with van der Waals surface area (Å²) in [7, 11) is 0. The van der Waals surface area contributed by atoms with E-state index in [0.717, 1.165) is 23.6 Å². The van der Waals surface area contributed by atoms with E-state index in [2.05, 4.69) is 10.3 Å². The highest BCUT2D eigenvalue weighted by Gasteiger charge is 2.54. The molecule has 1 fully saturated rings. The van der Waals surface area contributed by atoms with Crippen LogP contribution in [0.3, 0.4) is 0 Å². The van der Waals surface area contributed by atoms with Crippen molar-refractivity contribution in [1.82, 2.24) is 10.3 Å². The molecule has 3 heterocycles. The SMILES string of the molecule is CC(C)(C)OC(=O)N1C(=O)C2(CCNCC2)c2cccnc21. The molecule has 0 bridgehead atoms. The van der Waals surface area contributed by atoms with Gasteiger partial charge < -0.3 is 10.1 Å². The first-order valence-corrected chi connectivity index (χ1v) is 7.59. The van der Waals surface area contributed by atoms with Crippen LogP contribution in [-0.2, 0) is 14.9 Å². The summed E-state index contributed by atoms with van der Waals surface area (Å²) in [6.45, 7) is 6.85. The predicted molar refractivity (Wildman–Crippen MR) is 81.7 cm³/mol. The van der Waals surface area contributed by atoms with E-state index in [4.69, 9.17) is 4.74 Å². The van der Waals surface area contributed by atoms with Gasteiger partial charge in [0, 0.05) is 11.8 Å². The van der Waals surface area contributed by atoms with Crippen LogP contribution in [0.4, 0.5) is 10.6 Å². The van der Waals surface area contributed by atoms with Crippen molar-refractivity contribution in [3.8, 4) is 0 Å². The van der Waals surface area contributed by atoms with Gasteiger partial charge in [-0.3, -0.25) is 4.79 Å². The number of carbonyl (C=O) groups is 2. The molecule has 1 spiro atoms. The fourth-order valence-corrected chi connectivity index (χ4v) is 3.19. The Morgan fingerprint density at radius 3 is 2.68 bits per heavy atom. The molecule has 6 nitrogen and oxygen atoms in total. The van der Waals surface area contributed by atoms with Crippen LogP contribution in [0.2, 0.25) is 0 Å². The van der Waals surface area contributed by atoms with Crippen molar-refractivity contribution in [2.45, 2.75) is 44.6 Å². The van der Waals surface area contributed by atoms with Gasteiger partial charge in [-0.05, 0) is 52.8 Å². The van der Waals surface area contributed by atoms with Crippen LogP contribution in [0.25, 0.3) is 0 Å². The quantitative estimate of drug-likeness (QED) is 0.793. The van der Waals surface area contributed by atoms with Gasteiger partial charge >= 0.3 is 6.09 Å². The third kappa shape index (κ3) is 2.27. The highest BCUT2D eigenvalue weighted by molar-refractivity contribution is 6.20. The second kappa shape index (κ2) is 5.05. The Kier molecular flexibility index (Phi) is 3.44. The van der Waals surface area contributed by atoms with E-state index in [-0.39, 0.29) is 5.91 Å². The number of imide groups is 1. The molecule has 2 aliphatic heterocycles. The zero-order valence-corrected chi connectivity index (χ0v) is 13.2. The molecule has 0 saturated carbocycles. The lowest BCUT2D eigenvalue weighted by molar-refractivity contribution is -0.123. The Morgan fingerprint density at radius 1 is 1.36 bits per heavy atom. The molecule has 22 heavy (non-hydrogen) atoms. The molecule has 3 rings (SSSR count). The van der Waals surface area contributed by atoms with Gasteiger partial charge in [0.15, 0.2) is 0 Å². The number of hydrogen-bond donors (Lipinski definition) is 1. The number of anilines is 1. The molecule has 0 atom stereocenters. The highest BCUT2D eigenvalue weighted by Crippen LogP contribution is 2.46. The molecule has 0 aromatic carbocycles. The van der Waals surface area contributed by atoms with Crippen LogP contribution < -0.4 is 10.2 Å². The minimum absolute atomic E-state index is 0.211. The van der Waals surface area contributed by atoms with Crippen LogP contribution >= 0.6 is 0 Å². The highest BCUT2D eigenvalue weighted by atomic mass is 16.6.